The molecule has 1 aromatic heterocycles. The summed E-state index contributed by atoms with van der Waals surface area (Å²) < 4.78 is 8.21. The monoisotopic (exact) mass is 440 g/mol. The van der Waals surface area contributed by atoms with Gasteiger partial charge >= 0.3 is 11.7 Å². The Hall–Kier alpha value is -2.79. The van der Waals surface area contributed by atoms with E-state index in [1.54, 1.807) is 21.3 Å². The summed E-state index contributed by atoms with van der Waals surface area (Å²) in [6.45, 7) is 0.682. The van der Waals surface area contributed by atoms with Crippen LogP contribution >= 0.6 is 11.6 Å². The molecule has 0 spiro atoms. The first-order valence-electron chi connectivity index (χ1n) is 10.8. The van der Waals surface area contributed by atoms with Crippen LogP contribution in [0.4, 0.5) is 0 Å². The second kappa shape index (κ2) is 11.6. The molecule has 0 radical (unpaired) electrons. The average Bonchev–Trinajstić information content (AvgIpc) is 3.12. The summed E-state index contributed by atoms with van der Waals surface area (Å²) in [5.41, 5.74) is 2.63. The van der Waals surface area contributed by atoms with Crippen molar-refractivity contribution in [2.45, 2.75) is 51.5 Å². The zero-order chi connectivity index (χ0) is 22.1. The van der Waals surface area contributed by atoms with Gasteiger partial charge in [0.1, 0.15) is 0 Å². The van der Waals surface area contributed by atoms with Crippen LogP contribution in [0.15, 0.2) is 65.6 Å². The fourth-order valence-corrected chi connectivity index (χ4v) is 3.79. The third-order valence-electron chi connectivity index (χ3n) is 5.37. The van der Waals surface area contributed by atoms with Gasteiger partial charge in [-0.1, -0.05) is 67.6 Å². The van der Waals surface area contributed by atoms with E-state index in [2.05, 4.69) is 4.74 Å². The van der Waals surface area contributed by atoms with Gasteiger partial charge in [0.25, 0.3) is 0 Å². The standard InChI is InChI=1S/C25H29ClN2O3/c1-31-24(29)13-9-4-2-3-5-10-18-27-19-23(20-11-7-6-8-12-20)28(25(27)30)22-16-14-21(26)15-17-22/h6-8,11-12,14-17,19H,2-5,9-10,13,18H2,1H3. The maximum absolute atomic E-state index is 13.2. The summed E-state index contributed by atoms with van der Waals surface area (Å²) in [6, 6.07) is 17.3. The van der Waals surface area contributed by atoms with E-state index in [1.807, 2.05) is 48.7 Å². The number of benzene rings is 2. The third kappa shape index (κ3) is 6.34. The van der Waals surface area contributed by atoms with Crippen molar-refractivity contribution in [2.75, 3.05) is 7.11 Å². The number of unbranched alkanes of at least 4 members (excludes halogenated alkanes) is 5. The van der Waals surface area contributed by atoms with Crippen LogP contribution in [-0.4, -0.2) is 22.2 Å². The molecule has 0 bridgehead atoms. The molecule has 0 N–H and O–H groups in total. The predicted octanol–water partition coefficient (Wildman–Crippen LogP) is 5.86. The molecule has 3 rings (SSSR count). The quantitative estimate of drug-likeness (QED) is 0.277. The highest BCUT2D eigenvalue weighted by Gasteiger charge is 2.14. The van der Waals surface area contributed by atoms with Crippen molar-refractivity contribution in [3.05, 3.63) is 76.3 Å². The molecule has 1 heterocycles. The van der Waals surface area contributed by atoms with Crippen molar-refractivity contribution in [2.24, 2.45) is 0 Å². The summed E-state index contributed by atoms with van der Waals surface area (Å²) in [4.78, 5) is 24.3. The molecule has 31 heavy (non-hydrogen) atoms. The number of halogens is 1. The van der Waals surface area contributed by atoms with Crippen LogP contribution in [0.2, 0.25) is 5.02 Å². The van der Waals surface area contributed by atoms with E-state index in [4.69, 9.17) is 11.6 Å². The van der Waals surface area contributed by atoms with E-state index < -0.39 is 0 Å². The topological polar surface area (TPSA) is 53.2 Å². The second-order valence-electron chi connectivity index (χ2n) is 7.62. The van der Waals surface area contributed by atoms with Crippen molar-refractivity contribution in [1.82, 2.24) is 9.13 Å². The Morgan fingerprint density at radius 3 is 2.23 bits per heavy atom. The van der Waals surface area contributed by atoms with Gasteiger partial charge in [-0.15, -0.1) is 0 Å². The lowest BCUT2D eigenvalue weighted by molar-refractivity contribution is -0.140. The van der Waals surface area contributed by atoms with Crippen molar-refractivity contribution >= 4 is 17.6 Å². The molecule has 164 valence electrons. The number of ether oxygens (including phenoxy) is 1. The Morgan fingerprint density at radius 1 is 0.903 bits per heavy atom. The Balaban J connectivity index is 1.64. The number of hydrogen-bond donors (Lipinski definition) is 0. The van der Waals surface area contributed by atoms with Gasteiger partial charge in [0.2, 0.25) is 0 Å². The van der Waals surface area contributed by atoms with E-state index in [0.29, 0.717) is 18.0 Å². The highest BCUT2D eigenvalue weighted by Crippen LogP contribution is 2.23. The number of carbonyl (C=O) groups excluding carboxylic acids is 1. The van der Waals surface area contributed by atoms with Gasteiger partial charge in [0.15, 0.2) is 0 Å². The number of imidazole rings is 1. The molecular formula is C25H29ClN2O3. The number of aryl methyl sites for hydroxylation is 1. The molecule has 0 aliphatic rings. The SMILES string of the molecule is COC(=O)CCCCCCCCn1cc(-c2ccccc2)n(-c2ccc(Cl)cc2)c1=O. The summed E-state index contributed by atoms with van der Waals surface area (Å²) in [7, 11) is 1.42. The molecule has 0 unspecified atom stereocenters. The molecule has 0 saturated heterocycles. The summed E-state index contributed by atoms with van der Waals surface area (Å²) in [5.74, 6) is -0.140. The minimum absolute atomic E-state index is 0.0424. The first kappa shape index (κ1) is 22.9. The van der Waals surface area contributed by atoms with Gasteiger partial charge in [-0.25, -0.2) is 4.79 Å². The van der Waals surface area contributed by atoms with Gasteiger partial charge < -0.3 is 4.74 Å². The zero-order valence-electron chi connectivity index (χ0n) is 17.9. The molecule has 2 aromatic carbocycles. The molecule has 0 fully saturated rings. The van der Waals surface area contributed by atoms with Crippen LogP contribution in [0.3, 0.4) is 0 Å². The molecular weight excluding hydrogens is 412 g/mol. The number of methoxy groups -OCH3 is 1. The Kier molecular flexibility index (Phi) is 8.53. The molecule has 6 heteroatoms. The van der Waals surface area contributed by atoms with Gasteiger partial charge in [0.05, 0.1) is 18.5 Å². The smallest absolute Gasteiger partial charge is 0.333 e. The van der Waals surface area contributed by atoms with Gasteiger partial charge in [-0.3, -0.25) is 13.9 Å². The zero-order valence-corrected chi connectivity index (χ0v) is 18.7. The second-order valence-corrected chi connectivity index (χ2v) is 8.05. The van der Waals surface area contributed by atoms with Crippen LogP contribution in [-0.2, 0) is 16.1 Å². The highest BCUT2D eigenvalue weighted by molar-refractivity contribution is 6.30. The minimum atomic E-state index is -0.140. The van der Waals surface area contributed by atoms with Crippen LogP contribution in [0.1, 0.15) is 44.9 Å². The third-order valence-corrected chi connectivity index (χ3v) is 5.62. The predicted molar refractivity (Wildman–Crippen MR) is 125 cm³/mol. The first-order valence-corrected chi connectivity index (χ1v) is 11.2. The van der Waals surface area contributed by atoms with Crippen LogP contribution in [0.25, 0.3) is 16.9 Å². The lowest BCUT2D eigenvalue weighted by Crippen LogP contribution is -2.23. The fraction of sp³-hybridized carbons (Fsp3) is 0.360. The minimum Gasteiger partial charge on any atom is -0.469 e. The number of rotatable bonds is 11. The van der Waals surface area contributed by atoms with E-state index >= 15 is 0 Å². The fourth-order valence-electron chi connectivity index (χ4n) is 3.67. The maximum atomic E-state index is 13.2. The molecule has 3 aromatic rings. The highest BCUT2D eigenvalue weighted by atomic mass is 35.5. The molecule has 0 amide bonds. The Bertz CT molecular complexity index is 1020. The molecule has 5 nitrogen and oxygen atoms in total. The van der Waals surface area contributed by atoms with Crippen molar-refractivity contribution in [3.8, 4) is 16.9 Å². The van der Waals surface area contributed by atoms with E-state index in [9.17, 15) is 9.59 Å². The number of aromatic nitrogens is 2. The number of carbonyl (C=O) groups is 1. The van der Waals surface area contributed by atoms with Crippen LogP contribution in [0, 0.1) is 0 Å². The van der Waals surface area contributed by atoms with Crippen LogP contribution in [0.5, 0.6) is 0 Å². The first-order chi connectivity index (χ1) is 15.1. The van der Waals surface area contributed by atoms with Crippen molar-refractivity contribution in [1.29, 1.82) is 0 Å². The van der Waals surface area contributed by atoms with Crippen LogP contribution < -0.4 is 5.69 Å². The summed E-state index contributed by atoms with van der Waals surface area (Å²) in [6.07, 6.45) is 8.52. The van der Waals surface area contributed by atoms with E-state index in [-0.39, 0.29) is 11.7 Å². The Morgan fingerprint density at radius 2 is 1.55 bits per heavy atom. The van der Waals surface area contributed by atoms with Crippen molar-refractivity contribution in [3.63, 3.8) is 0 Å². The lowest BCUT2D eigenvalue weighted by Gasteiger charge is -2.07. The van der Waals surface area contributed by atoms with Gasteiger partial charge in [-0.2, -0.15) is 0 Å². The van der Waals surface area contributed by atoms with E-state index in [0.717, 1.165) is 55.5 Å². The molecule has 0 aliphatic carbocycles. The summed E-state index contributed by atoms with van der Waals surface area (Å²) in [5, 5.41) is 0.643. The maximum Gasteiger partial charge on any atom is 0.333 e. The lowest BCUT2D eigenvalue weighted by atomic mass is 10.1. The molecule has 0 aliphatic heterocycles. The molecule has 0 saturated carbocycles. The normalized spacial score (nSPS) is 10.9. The summed E-state index contributed by atoms with van der Waals surface area (Å²) >= 11 is 6.04. The number of nitrogens with zero attached hydrogens (tertiary/aromatic N) is 2. The Labute approximate surface area is 188 Å². The number of esters is 1. The van der Waals surface area contributed by atoms with Gasteiger partial charge in [-0.05, 0) is 37.1 Å². The van der Waals surface area contributed by atoms with E-state index in [1.165, 1.54) is 7.11 Å². The number of hydrogen-bond acceptors (Lipinski definition) is 3. The average molecular weight is 441 g/mol. The largest absolute Gasteiger partial charge is 0.469 e. The van der Waals surface area contributed by atoms with Crippen molar-refractivity contribution < 1.29 is 9.53 Å². The molecule has 0 atom stereocenters. The van der Waals surface area contributed by atoms with Gasteiger partial charge in [0, 0.05) is 29.7 Å².